The van der Waals surface area contributed by atoms with Gasteiger partial charge in [-0.15, -0.1) is 11.3 Å². The van der Waals surface area contributed by atoms with Crippen LogP contribution < -0.4 is 10.2 Å². The molecule has 0 radical (unpaired) electrons. The van der Waals surface area contributed by atoms with Gasteiger partial charge in [0.05, 0.1) is 11.4 Å². The maximum atomic E-state index is 13.2. The Labute approximate surface area is 214 Å². The average Bonchev–Trinajstić information content (AvgIpc) is 3.63. The zero-order chi connectivity index (χ0) is 24.5. The number of aryl methyl sites for hydroxylation is 1. The minimum absolute atomic E-state index is 0.177. The van der Waals surface area contributed by atoms with E-state index in [9.17, 15) is 4.79 Å². The number of anilines is 2. The molecule has 0 atom stereocenters. The molecular weight excluding hydrogens is 470 g/mol. The van der Waals surface area contributed by atoms with E-state index in [1.165, 1.54) is 16.9 Å². The third-order valence-electron chi connectivity index (χ3n) is 6.93. The molecule has 1 aliphatic carbocycles. The number of nitrogens with zero attached hydrogens (tertiary/aromatic N) is 6. The van der Waals surface area contributed by atoms with Gasteiger partial charge in [-0.25, -0.2) is 14.6 Å². The summed E-state index contributed by atoms with van der Waals surface area (Å²) < 4.78 is 1.94. The number of carbonyl (C=O) groups is 1. The van der Waals surface area contributed by atoms with Crippen LogP contribution in [0.5, 0.6) is 0 Å². The Morgan fingerprint density at radius 1 is 1.06 bits per heavy atom. The van der Waals surface area contributed by atoms with E-state index in [1.54, 1.807) is 0 Å². The molecule has 3 aromatic heterocycles. The van der Waals surface area contributed by atoms with Gasteiger partial charge in [0.15, 0.2) is 10.8 Å². The highest BCUT2D eigenvalue weighted by atomic mass is 32.1. The second-order valence-electron chi connectivity index (χ2n) is 9.42. The van der Waals surface area contributed by atoms with Crippen LogP contribution in [-0.4, -0.2) is 56.7 Å². The Hall–Kier alpha value is -3.56. The van der Waals surface area contributed by atoms with E-state index in [1.807, 2.05) is 28.4 Å². The van der Waals surface area contributed by atoms with Crippen LogP contribution in [-0.2, 0) is 19.4 Å². The summed E-state index contributed by atoms with van der Waals surface area (Å²) in [5, 5.41) is 10.4. The summed E-state index contributed by atoms with van der Waals surface area (Å²) in [5.41, 5.74) is 5.92. The SMILES string of the molecule is Cc1ccc(-n2nc(C(=O)Nc3nc(CN4CCN(c5ccccn5)CC4)cs3)c3c2CCC3)cc1. The summed E-state index contributed by atoms with van der Waals surface area (Å²) in [6.45, 7) is 6.65. The third-order valence-corrected chi connectivity index (χ3v) is 7.73. The number of fused-ring (bicyclic) bond motifs is 1. The third kappa shape index (κ3) is 4.64. The van der Waals surface area contributed by atoms with Crippen LogP contribution in [0.4, 0.5) is 10.9 Å². The highest BCUT2D eigenvalue weighted by Gasteiger charge is 2.27. The van der Waals surface area contributed by atoms with Crippen LogP contribution in [0.2, 0.25) is 0 Å². The van der Waals surface area contributed by atoms with Crippen molar-refractivity contribution in [1.29, 1.82) is 0 Å². The molecule has 2 aliphatic rings. The molecule has 0 saturated carbocycles. The smallest absolute Gasteiger partial charge is 0.278 e. The highest BCUT2D eigenvalue weighted by Crippen LogP contribution is 2.29. The minimum atomic E-state index is -0.177. The lowest BCUT2D eigenvalue weighted by Gasteiger charge is -2.35. The van der Waals surface area contributed by atoms with E-state index < -0.39 is 0 Å². The van der Waals surface area contributed by atoms with Gasteiger partial charge in [-0.3, -0.25) is 15.0 Å². The van der Waals surface area contributed by atoms with E-state index in [0.29, 0.717) is 10.8 Å². The van der Waals surface area contributed by atoms with Crippen LogP contribution in [0.1, 0.15) is 39.4 Å². The first-order valence-corrected chi connectivity index (χ1v) is 13.3. The van der Waals surface area contributed by atoms with Crippen molar-refractivity contribution in [2.75, 3.05) is 36.4 Å². The van der Waals surface area contributed by atoms with Crippen molar-refractivity contribution in [3.8, 4) is 5.69 Å². The quantitative estimate of drug-likeness (QED) is 0.430. The fraction of sp³-hybridized carbons (Fsp3) is 0.333. The minimum Gasteiger partial charge on any atom is -0.354 e. The molecule has 0 spiro atoms. The number of rotatable bonds is 6. The van der Waals surface area contributed by atoms with Crippen LogP contribution in [0.3, 0.4) is 0 Å². The maximum absolute atomic E-state index is 13.2. The molecule has 4 heterocycles. The number of thiazole rings is 1. The largest absolute Gasteiger partial charge is 0.354 e. The summed E-state index contributed by atoms with van der Waals surface area (Å²) in [4.78, 5) is 27.1. The number of piperazine rings is 1. The van der Waals surface area contributed by atoms with E-state index in [-0.39, 0.29) is 5.91 Å². The molecule has 1 amide bonds. The lowest BCUT2D eigenvalue weighted by atomic mass is 10.2. The number of aromatic nitrogens is 4. The molecule has 4 aromatic rings. The number of amides is 1. The first-order chi connectivity index (χ1) is 17.6. The molecule has 1 fully saturated rings. The van der Waals surface area contributed by atoms with E-state index in [4.69, 9.17) is 10.1 Å². The molecule has 9 heteroatoms. The van der Waals surface area contributed by atoms with Crippen molar-refractivity contribution in [2.24, 2.45) is 0 Å². The van der Waals surface area contributed by atoms with Crippen molar-refractivity contribution in [3.63, 3.8) is 0 Å². The lowest BCUT2D eigenvalue weighted by Crippen LogP contribution is -2.46. The highest BCUT2D eigenvalue weighted by molar-refractivity contribution is 7.14. The predicted octanol–water partition coefficient (Wildman–Crippen LogP) is 4.10. The normalized spacial score (nSPS) is 15.8. The van der Waals surface area contributed by atoms with Gasteiger partial charge in [0.2, 0.25) is 0 Å². The van der Waals surface area contributed by atoms with E-state index in [0.717, 1.165) is 80.4 Å². The Morgan fingerprint density at radius 3 is 2.67 bits per heavy atom. The van der Waals surface area contributed by atoms with Crippen molar-refractivity contribution in [2.45, 2.75) is 32.7 Å². The number of nitrogens with one attached hydrogen (secondary N) is 1. The second kappa shape index (κ2) is 9.83. The Bertz CT molecular complexity index is 1350. The zero-order valence-corrected chi connectivity index (χ0v) is 21.2. The van der Waals surface area contributed by atoms with Gasteiger partial charge >= 0.3 is 0 Å². The molecule has 1 aliphatic heterocycles. The number of carbonyl (C=O) groups excluding carboxylic acids is 1. The number of pyridine rings is 1. The molecule has 6 rings (SSSR count). The summed E-state index contributed by atoms with van der Waals surface area (Å²) in [7, 11) is 0. The van der Waals surface area contributed by atoms with Gasteiger partial charge in [-0.2, -0.15) is 5.10 Å². The molecular formula is C27H29N7OS. The first kappa shape index (κ1) is 22.9. The molecule has 1 saturated heterocycles. The van der Waals surface area contributed by atoms with Crippen LogP contribution in [0.15, 0.2) is 54.0 Å². The Kier molecular flexibility index (Phi) is 6.25. The fourth-order valence-corrected chi connectivity index (χ4v) is 5.71. The van der Waals surface area contributed by atoms with Crippen molar-refractivity contribution >= 4 is 28.2 Å². The topological polar surface area (TPSA) is 79.2 Å². The molecule has 1 aromatic carbocycles. The van der Waals surface area contributed by atoms with Crippen molar-refractivity contribution in [3.05, 3.63) is 82.3 Å². The monoisotopic (exact) mass is 499 g/mol. The summed E-state index contributed by atoms with van der Waals surface area (Å²) in [6, 6.07) is 14.3. The Balaban J connectivity index is 1.10. The maximum Gasteiger partial charge on any atom is 0.278 e. The summed E-state index contributed by atoms with van der Waals surface area (Å²) >= 11 is 1.47. The Morgan fingerprint density at radius 2 is 1.89 bits per heavy atom. The average molecular weight is 500 g/mol. The predicted molar refractivity (Wildman–Crippen MR) is 142 cm³/mol. The molecule has 8 nitrogen and oxygen atoms in total. The van der Waals surface area contributed by atoms with Crippen LogP contribution in [0.25, 0.3) is 5.69 Å². The zero-order valence-electron chi connectivity index (χ0n) is 20.4. The van der Waals surface area contributed by atoms with Gasteiger partial charge in [0, 0.05) is 55.6 Å². The van der Waals surface area contributed by atoms with Crippen LogP contribution in [0, 0.1) is 6.92 Å². The molecule has 36 heavy (non-hydrogen) atoms. The van der Waals surface area contributed by atoms with Gasteiger partial charge in [-0.1, -0.05) is 23.8 Å². The summed E-state index contributed by atoms with van der Waals surface area (Å²) in [5.74, 6) is 0.857. The lowest BCUT2D eigenvalue weighted by molar-refractivity contribution is 0.102. The second-order valence-corrected chi connectivity index (χ2v) is 10.3. The van der Waals surface area contributed by atoms with Crippen molar-refractivity contribution in [1.82, 2.24) is 24.6 Å². The van der Waals surface area contributed by atoms with Gasteiger partial charge in [0.1, 0.15) is 5.82 Å². The summed E-state index contributed by atoms with van der Waals surface area (Å²) in [6.07, 6.45) is 4.72. The molecule has 0 bridgehead atoms. The first-order valence-electron chi connectivity index (χ1n) is 12.5. The number of hydrogen-bond donors (Lipinski definition) is 1. The molecule has 0 unspecified atom stereocenters. The van der Waals surface area contributed by atoms with Gasteiger partial charge < -0.3 is 4.90 Å². The number of hydrogen-bond acceptors (Lipinski definition) is 7. The molecule has 184 valence electrons. The van der Waals surface area contributed by atoms with Crippen LogP contribution >= 0.6 is 11.3 Å². The van der Waals surface area contributed by atoms with Gasteiger partial charge in [0.25, 0.3) is 5.91 Å². The fourth-order valence-electron chi connectivity index (χ4n) is 5.02. The number of benzene rings is 1. The molecule has 1 N–H and O–H groups in total. The van der Waals surface area contributed by atoms with Gasteiger partial charge in [-0.05, 0) is 50.5 Å². The van der Waals surface area contributed by atoms with E-state index >= 15 is 0 Å². The standard InChI is InChI=1S/C27H29N7OS/c1-19-8-10-21(11-9-19)34-23-6-4-5-22(23)25(31-34)26(35)30-27-29-20(18-36-27)17-32-13-15-33(16-14-32)24-7-2-3-12-28-24/h2-3,7-12,18H,4-6,13-17H2,1H3,(H,29,30,35). The van der Waals surface area contributed by atoms with Crippen molar-refractivity contribution < 1.29 is 4.79 Å². The van der Waals surface area contributed by atoms with E-state index in [2.05, 4.69) is 57.4 Å².